The van der Waals surface area contributed by atoms with Crippen molar-refractivity contribution in [3.63, 3.8) is 0 Å². The van der Waals surface area contributed by atoms with Gasteiger partial charge in [-0.05, 0) is 13.0 Å². The van der Waals surface area contributed by atoms with Gasteiger partial charge in [0.25, 0.3) is 0 Å². The van der Waals surface area contributed by atoms with Crippen molar-refractivity contribution >= 4 is 9.84 Å². The molecular formula is C7H7F2NO2S. The zero-order valence-corrected chi connectivity index (χ0v) is 7.82. The molecule has 6 heteroatoms. The van der Waals surface area contributed by atoms with E-state index in [9.17, 15) is 17.2 Å². The van der Waals surface area contributed by atoms with E-state index in [1.807, 2.05) is 0 Å². The SMILES string of the molecule is Cc1cc(F)c(S(C)(=O)=O)nc1F. The fraction of sp³-hybridized carbons (Fsp3) is 0.286. The molecule has 0 spiro atoms. The molecule has 0 fully saturated rings. The topological polar surface area (TPSA) is 47.0 Å². The fourth-order valence-corrected chi connectivity index (χ4v) is 1.46. The van der Waals surface area contributed by atoms with Gasteiger partial charge in [-0.3, -0.25) is 0 Å². The molecule has 3 nitrogen and oxygen atoms in total. The van der Waals surface area contributed by atoms with E-state index >= 15 is 0 Å². The van der Waals surface area contributed by atoms with Crippen LogP contribution in [0.4, 0.5) is 8.78 Å². The standard InChI is InChI=1S/C7H7F2NO2S/c1-4-3-5(8)7(10-6(4)9)13(2,11)12/h3H,1-2H3. The molecule has 0 atom stereocenters. The second kappa shape index (κ2) is 3.02. The van der Waals surface area contributed by atoms with Crippen LogP contribution >= 0.6 is 0 Å². The van der Waals surface area contributed by atoms with Crippen molar-refractivity contribution in [2.24, 2.45) is 0 Å². The molecule has 1 aromatic rings. The van der Waals surface area contributed by atoms with Gasteiger partial charge in [0.15, 0.2) is 20.7 Å². The summed E-state index contributed by atoms with van der Waals surface area (Å²) in [7, 11) is -3.80. The molecule has 72 valence electrons. The first-order valence-corrected chi connectivity index (χ1v) is 5.24. The number of pyridine rings is 1. The number of aromatic nitrogens is 1. The van der Waals surface area contributed by atoms with Crippen molar-refractivity contribution in [2.45, 2.75) is 11.9 Å². The highest BCUT2D eigenvalue weighted by molar-refractivity contribution is 7.90. The number of hydrogen-bond acceptors (Lipinski definition) is 3. The van der Waals surface area contributed by atoms with Gasteiger partial charge in [-0.2, -0.15) is 4.39 Å². The third-order valence-electron chi connectivity index (χ3n) is 1.42. The smallest absolute Gasteiger partial charge is 0.217 e. The van der Waals surface area contributed by atoms with E-state index in [-0.39, 0.29) is 5.56 Å². The highest BCUT2D eigenvalue weighted by atomic mass is 32.2. The molecule has 0 amide bonds. The average Bonchev–Trinajstić information content (AvgIpc) is 1.94. The van der Waals surface area contributed by atoms with Gasteiger partial charge in [0.05, 0.1) is 0 Å². The van der Waals surface area contributed by atoms with Gasteiger partial charge in [0.1, 0.15) is 0 Å². The van der Waals surface area contributed by atoms with Crippen LogP contribution in [0, 0.1) is 18.7 Å². The number of hydrogen-bond donors (Lipinski definition) is 0. The molecule has 0 saturated carbocycles. The lowest BCUT2D eigenvalue weighted by molar-refractivity contribution is 0.508. The minimum Gasteiger partial charge on any atom is -0.222 e. The lowest BCUT2D eigenvalue weighted by Gasteiger charge is -2.01. The Labute approximate surface area is 74.3 Å². The third kappa shape index (κ3) is 2.00. The van der Waals surface area contributed by atoms with Gasteiger partial charge in [0, 0.05) is 11.8 Å². The summed E-state index contributed by atoms with van der Waals surface area (Å²) in [6.45, 7) is 1.30. The lowest BCUT2D eigenvalue weighted by atomic mass is 10.3. The molecule has 13 heavy (non-hydrogen) atoms. The first-order valence-electron chi connectivity index (χ1n) is 3.35. The fourth-order valence-electron chi connectivity index (χ4n) is 0.802. The predicted octanol–water partition coefficient (Wildman–Crippen LogP) is 1.07. The van der Waals surface area contributed by atoms with E-state index < -0.39 is 26.6 Å². The van der Waals surface area contributed by atoms with Crippen LogP contribution in [0.5, 0.6) is 0 Å². The zero-order chi connectivity index (χ0) is 10.2. The molecular weight excluding hydrogens is 200 g/mol. The van der Waals surface area contributed by atoms with Crippen LogP contribution in [-0.2, 0) is 9.84 Å². The zero-order valence-electron chi connectivity index (χ0n) is 7.01. The Balaban J connectivity index is 3.50. The maximum atomic E-state index is 12.9. The van der Waals surface area contributed by atoms with Crippen LogP contribution in [0.15, 0.2) is 11.1 Å². The van der Waals surface area contributed by atoms with E-state index in [1.165, 1.54) is 6.92 Å². The molecule has 0 aromatic carbocycles. The Morgan fingerprint density at radius 1 is 1.38 bits per heavy atom. The van der Waals surface area contributed by atoms with E-state index in [0.717, 1.165) is 12.3 Å². The Morgan fingerprint density at radius 3 is 2.38 bits per heavy atom. The van der Waals surface area contributed by atoms with Crippen molar-refractivity contribution in [1.82, 2.24) is 4.98 Å². The third-order valence-corrected chi connectivity index (χ3v) is 2.41. The van der Waals surface area contributed by atoms with Crippen LogP contribution in [0.1, 0.15) is 5.56 Å². The number of aryl methyl sites for hydroxylation is 1. The summed E-state index contributed by atoms with van der Waals surface area (Å²) in [4.78, 5) is 3.01. The summed E-state index contributed by atoms with van der Waals surface area (Å²) in [6.07, 6.45) is 0.771. The first kappa shape index (κ1) is 10.0. The number of rotatable bonds is 1. The van der Waals surface area contributed by atoms with E-state index in [4.69, 9.17) is 0 Å². The van der Waals surface area contributed by atoms with Gasteiger partial charge in [-0.1, -0.05) is 0 Å². The van der Waals surface area contributed by atoms with E-state index in [0.29, 0.717) is 0 Å². The number of sulfone groups is 1. The monoisotopic (exact) mass is 207 g/mol. The van der Waals surface area contributed by atoms with Crippen molar-refractivity contribution in [2.75, 3.05) is 6.26 Å². The molecule has 1 rings (SSSR count). The van der Waals surface area contributed by atoms with Crippen molar-refractivity contribution < 1.29 is 17.2 Å². The van der Waals surface area contributed by atoms with E-state index in [1.54, 1.807) is 0 Å². The molecule has 0 unspecified atom stereocenters. The first-order chi connectivity index (χ1) is 5.82. The Bertz CT molecular complexity index is 442. The Kier molecular flexibility index (Phi) is 2.34. The van der Waals surface area contributed by atoms with Crippen molar-refractivity contribution in [1.29, 1.82) is 0 Å². The minimum atomic E-state index is -3.80. The molecule has 0 aliphatic heterocycles. The second-order valence-corrected chi connectivity index (χ2v) is 4.59. The van der Waals surface area contributed by atoms with E-state index in [2.05, 4.69) is 4.98 Å². The lowest BCUT2D eigenvalue weighted by Crippen LogP contribution is -2.06. The summed E-state index contributed by atoms with van der Waals surface area (Å²) in [6, 6.07) is 0.804. The summed E-state index contributed by atoms with van der Waals surface area (Å²) < 4.78 is 47.4. The molecule has 0 aliphatic carbocycles. The predicted molar refractivity (Wildman–Crippen MR) is 42.0 cm³/mol. The highest BCUT2D eigenvalue weighted by Crippen LogP contribution is 2.14. The van der Waals surface area contributed by atoms with Gasteiger partial charge in [-0.25, -0.2) is 17.8 Å². The Morgan fingerprint density at radius 2 is 1.92 bits per heavy atom. The van der Waals surface area contributed by atoms with Crippen molar-refractivity contribution in [3.8, 4) is 0 Å². The molecule has 0 radical (unpaired) electrons. The quantitative estimate of drug-likeness (QED) is 0.647. The maximum Gasteiger partial charge on any atom is 0.217 e. The summed E-state index contributed by atoms with van der Waals surface area (Å²) in [5.74, 6) is -2.00. The average molecular weight is 207 g/mol. The van der Waals surface area contributed by atoms with Gasteiger partial charge < -0.3 is 0 Å². The highest BCUT2D eigenvalue weighted by Gasteiger charge is 2.17. The van der Waals surface area contributed by atoms with Crippen LogP contribution in [-0.4, -0.2) is 19.7 Å². The summed E-state index contributed by atoms with van der Waals surface area (Å²) >= 11 is 0. The Hall–Kier alpha value is -1.04. The number of nitrogens with zero attached hydrogens (tertiary/aromatic N) is 1. The summed E-state index contributed by atoms with van der Waals surface area (Å²) in [5.41, 5.74) is -0.0232. The van der Waals surface area contributed by atoms with Crippen molar-refractivity contribution in [3.05, 3.63) is 23.4 Å². The molecule has 0 bridgehead atoms. The second-order valence-electron chi connectivity index (χ2n) is 2.66. The molecule has 1 heterocycles. The maximum absolute atomic E-state index is 12.9. The van der Waals surface area contributed by atoms with Gasteiger partial charge in [-0.15, -0.1) is 0 Å². The van der Waals surface area contributed by atoms with Crippen LogP contribution in [0.2, 0.25) is 0 Å². The molecule has 1 aromatic heterocycles. The normalized spacial score (nSPS) is 11.7. The molecule has 0 aliphatic rings. The van der Waals surface area contributed by atoms with Crippen LogP contribution in [0.25, 0.3) is 0 Å². The number of halogens is 2. The van der Waals surface area contributed by atoms with Crippen LogP contribution < -0.4 is 0 Å². The minimum absolute atomic E-state index is 0.0232. The molecule has 0 saturated heterocycles. The molecule has 0 N–H and O–H groups in total. The summed E-state index contributed by atoms with van der Waals surface area (Å²) in [5, 5.41) is -0.851. The van der Waals surface area contributed by atoms with Gasteiger partial charge >= 0.3 is 0 Å². The largest absolute Gasteiger partial charge is 0.222 e. The van der Waals surface area contributed by atoms with Gasteiger partial charge in [0.2, 0.25) is 5.95 Å². The van der Waals surface area contributed by atoms with Crippen LogP contribution in [0.3, 0.4) is 0 Å².